The lowest BCUT2D eigenvalue weighted by Gasteiger charge is -2.43. The Morgan fingerprint density at radius 3 is 2.35 bits per heavy atom. The van der Waals surface area contributed by atoms with Gasteiger partial charge in [-0.1, -0.05) is 0 Å². The Hall–Kier alpha value is -1.26. The van der Waals surface area contributed by atoms with Gasteiger partial charge in [-0.15, -0.1) is 0 Å². The Morgan fingerprint density at radius 1 is 1.30 bits per heavy atom. The van der Waals surface area contributed by atoms with Crippen molar-refractivity contribution in [1.29, 1.82) is 0 Å². The summed E-state index contributed by atoms with van der Waals surface area (Å²) >= 11 is 0. The smallest absolute Gasteiger partial charge is 0.410 e. The van der Waals surface area contributed by atoms with E-state index in [0.29, 0.717) is 0 Å². The van der Waals surface area contributed by atoms with Gasteiger partial charge in [0.2, 0.25) is 5.91 Å². The van der Waals surface area contributed by atoms with Crippen LogP contribution in [0.4, 0.5) is 4.79 Å². The van der Waals surface area contributed by atoms with E-state index in [-0.39, 0.29) is 29.5 Å². The highest BCUT2D eigenvalue weighted by Gasteiger charge is 2.55. The molecule has 2 amide bonds. The average molecular weight is 280 g/mol. The van der Waals surface area contributed by atoms with Crippen molar-refractivity contribution in [2.24, 2.45) is 5.41 Å². The van der Waals surface area contributed by atoms with Gasteiger partial charge >= 0.3 is 6.09 Å². The molecule has 0 saturated carbocycles. The third kappa shape index (κ3) is 2.17. The first kappa shape index (κ1) is 13.7. The number of carbonyl (C=O) groups is 2. The third-order valence-electron chi connectivity index (χ3n) is 4.85. The van der Waals surface area contributed by atoms with Crippen LogP contribution in [0.25, 0.3) is 0 Å². The van der Waals surface area contributed by atoms with Crippen LogP contribution < -0.4 is 5.32 Å². The number of hydrogen-bond acceptors (Lipinski definition) is 3. The predicted molar refractivity (Wildman–Crippen MR) is 74.2 cm³/mol. The van der Waals surface area contributed by atoms with E-state index >= 15 is 0 Å². The zero-order chi connectivity index (χ0) is 14.5. The van der Waals surface area contributed by atoms with E-state index in [1.54, 1.807) is 0 Å². The Kier molecular flexibility index (Phi) is 2.99. The maximum Gasteiger partial charge on any atom is 0.410 e. The Balaban J connectivity index is 1.75. The molecule has 3 aliphatic heterocycles. The van der Waals surface area contributed by atoms with Crippen molar-refractivity contribution >= 4 is 12.0 Å². The third-order valence-corrected chi connectivity index (χ3v) is 4.85. The summed E-state index contributed by atoms with van der Waals surface area (Å²) in [4.78, 5) is 26.4. The molecular weight excluding hydrogens is 256 g/mol. The SMILES string of the molecule is CC(C)(C)OC(=O)N1[C@@H]2CC[C@H]1C[C@]1(CCNC1=O)C2. The van der Waals surface area contributed by atoms with Crippen LogP contribution >= 0.6 is 0 Å². The molecule has 0 aromatic heterocycles. The molecule has 0 aliphatic carbocycles. The number of ether oxygens (including phenoxy) is 1. The first-order chi connectivity index (χ1) is 9.31. The average Bonchev–Trinajstić information content (AvgIpc) is 2.78. The maximum atomic E-state index is 12.4. The summed E-state index contributed by atoms with van der Waals surface area (Å²) in [5.41, 5.74) is -0.680. The Labute approximate surface area is 120 Å². The Morgan fingerprint density at radius 2 is 1.90 bits per heavy atom. The number of carbonyl (C=O) groups excluding carboxylic acids is 2. The van der Waals surface area contributed by atoms with Crippen molar-refractivity contribution in [2.75, 3.05) is 6.54 Å². The normalized spacial score (nSPS) is 36.4. The minimum atomic E-state index is -0.462. The second-order valence-electron chi connectivity index (χ2n) is 7.47. The van der Waals surface area contributed by atoms with Gasteiger partial charge in [-0.3, -0.25) is 4.79 Å². The molecule has 0 aromatic carbocycles. The van der Waals surface area contributed by atoms with Crippen LogP contribution in [-0.4, -0.2) is 41.1 Å². The van der Waals surface area contributed by atoms with Gasteiger partial charge in [-0.25, -0.2) is 4.79 Å². The number of piperidine rings is 1. The molecule has 3 heterocycles. The van der Waals surface area contributed by atoms with Crippen LogP contribution in [0, 0.1) is 5.41 Å². The second-order valence-corrected chi connectivity index (χ2v) is 7.47. The lowest BCUT2D eigenvalue weighted by atomic mass is 9.74. The van der Waals surface area contributed by atoms with Crippen molar-refractivity contribution in [3.05, 3.63) is 0 Å². The van der Waals surface area contributed by atoms with Crippen molar-refractivity contribution in [3.8, 4) is 0 Å². The van der Waals surface area contributed by atoms with Gasteiger partial charge in [0.05, 0.1) is 5.41 Å². The highest BCUT2D eigenvalue weighted by atomic mass is 16.6. The molecule has 0 radical (unpaired) electrons. The summed E-state index contributed by atoms with van der Waals surface area (Å²) in [6.07, 6.45) is 4.31. The molecule has 3 atom stereocenters. The number of hydrogen-bond donors (Lipinski definition) is 1. The molecule has 0 unspecified atom stereocenters. The van der Waals surface area contributed by atoms with Crippen molar-refractivity contribution in [2.45, 2.75) is 70.6 Å². The minimum Gasteiger partial charge on any atom is -0.444 e. The van der Waals surface area contributed by atoms with Gasteiger partial charge in [-0.2, -0.15) is 0 Å². The van der Waals surface area contributed by atoms with E-state index in [1.807, 2.05) is 25.7 Å². The summed E-state index contributed by atoms with van der Waals surface area (Å²) < 4.78 is 5.52. The number of nitrogens with zero attached hydrogens (tertiary/aromatic N) is 1. The number of rotatable bonds is 0. The second kappa shape index (κ2) is 4.37. The molecule has 2 bridgehead atoms. The topological polar surface area (TPSA) is 58.6 Å². The van der Waals surface area contributed by atoms with Crippen molar-refractivity contribution in [1.82, 2.24) is 10.2 Å². The maximum absolute atomic E-state index is 12.4. The first-order valence-electron chi connectivity index (χ1n) is 7.60. The van der Waals surface area contributed by atoms with E-state index in [1.165, 1.54) is 0 Å². The lowest BCUT2D eigenvalue weighted by Crippen LogP contribution is -2.53. The molecule has 1 N–H and O–H groups in total. The van der Waals surface area contributed by atoms with Crippen LogP contribution in [-0.2, 0) is 9.53 Å². The van der Waals surface area contributed by atoms with Crippen LogP contribution in [0.15, 0.2) is 0 Å². The van der Waals surface area contributed by atoms with Gasteiger partial charge in [0.25, 0.3) is 0 Å². The fourth-order valence-electron chi connectivity index (χ4n) is 4.07. The highest BCUT2D eigenvalue weighted by Crippen LogP contribution is 2.49. The number of nitrogens with one attached hydrogen (secondary N) is 1. The van der Waals surface area contributed by atoms with Crippen molar-refractivity contribution in [3.63, 3.8) is 0 Å². The standard InChI is InChI=1S/C15H24N2O3/c1-14(2,3)20-13(19)17-10-4-5-11(17)9-15(8-10)6-7-16-12(15)18/h10-11H,4-9H2,1-3H3,(H,16,18)/t10-,11+,15+. The summed E-state index contributed by atoms with van der Waals surface area (Å²) in [6, 6.07) is 0.347. The van der Waals surface area contributed by atoms with Gasteiger partial charge in [-0.05, 0) is 52.9 Å². The van der Waals surface area contributed by atoms with Gasteiger partial charge in [0.1, 0.15) is 5.60 Å². The molecule has 0 aromatic rings. The summed E-state index contributed by atoms with van der Waals surface area (Å²) in [5, 5.41) is 2.96. The van der Waals surface area contributed by atoms with E-state index < -0.39 is 5.60 Å². The fourth-order valence-corrected chi connectivity index (χ4v) is 4.07. The van der Waals surface area contributed by atoms with Crippen LogP contribution in [0.1, 0.15) is 52.9 Å². The van der Waals surface area contributed by atoms with Crippen LogP contribution in [0.5, 0.6) is 0 Å². The predicted octanol–water partition coefficient (Wildman–Crippen LogP) is 2.05. The summed E-state index contributed by atoms with van der Waals surface area (Å²) in [5.74, 6) is 0.193. The fraction of sp³-hybridized carbons (Fsp3) is 0.867. The Bertz CT molecular complexity index is 427. The number of fused-ring (bicyclic) bond motifs is 2. The minimum absolute atomic E-state index is 0.174. The summed E-state index contributed by atoms with van der Waals surface area (Å²) in [6.45, 7) is 6.46. The molecule has 3 rings (SSSR count). The van der Waals surface area contributed by atoms with Gasteiger partial charge in [0, 0.05) is 18.6 Å². The molecule has 3 aliphatic rings. The molecular formula is C15H24N2O3. The molecule has 5 nitrogen and oxygen atoms in total. The molecule has 5 heteroatoms. The largest absolute Gasteiger partial charge is 0.444 e. The molecule has 1 spiro atoms. The summed E-state index contributed by atoms with van der Waals surface area (Å²) in [7, 11) is 0. The molecule has 20 heavy (non-hydrogen) atoms. The van der Waals surface area contributed by atoms with Gasteiger partial charge < -0.3 is 15.0 Å². The zero-order valence-electron chi connectivity index (χ0n) is 12.6. The van der Waals surface area contributed by atoms with E-state index in [9.17, 15) is 9.59 Å². The zero-order valence-corrected chi connectivity index (χ0v) is 12.6. The number of amides is 2. The van der Waals surface area contributed by atoms with E-state index in [0.717, 1.165) is 38.6 Å². The van der Waals surface area contributed by atoms with Gasteiger partial charge in [0.15, 0.2) is 0 Å². The highest BCUT2D eigenvalue weighted by molar-refractivity contribution is 5.85. The first-order valence-corrected chi connectivity index (χ1v) is 7.60. The molecule has 3 fully saturated rings. The lowest BCUT2D eigenvalue weighted by molar-refractivity contribution is -0.131. The monoisotopic (exact) mass is 280 g/mol. The van der Waals surface area contributed by atoms with E-state index in [2.05, 4.69) is 5.32 Å². The van der Waals surface area contributed by atoms with Crippen LogP contribution in [0.2, 0.25) is 0 Å². The quantitative estimate of drug-likeness (QED) is 0.739. The van der Waals surface area contributed by atoms with Crippen molar-refractivity contribution < 1.29 is 14.3 Å². The van der Waals surface area contributed by atoms with E-state index in [4.69, 9.17) is 4.74 Å². The molecule has 112 valence electrons. The van der Waals surface area contributed by atoms with Crippen LogP contribution in [0.3, 0.4) is 0 Å². The molecule has 3 saturated heterocycles.